The van der Waals surface area contributed by atoms with Gasteiger partial charge in [-0.3, -0.25) is 9.69 Å². The zero-order valence-corrected chi connectivity index (χ0v) is 14.1. The molecular formula is C15H20Cl2N2O3. The number of amides is 1. The predicted octanol–water partition coefficient (Wildman–Crippen LogP) is 1.94. The van der Waals surface area contributed by atoms with E-state index in [2.05, 4.69) is 5.32 Å². The van der Waals surface area contributed by atoms with Crippen molar-refractivity contribution in [1.29, 1.82) is 0 Å². The average molecular weight is 347 g/mol. The van der Waals surface area contributed by atoms with Crippen LogP contribution in [0.25, 0.3) is 0 Å². The molecule has 2 N–H and O–H groups in total. The first-order valence-corrected chi connectivity index (χ1v) is 7.85. The molecule has 1 aliphatic heterocycles. The molecule has 1 amide bonds. The molecule has 5 nitrogen and oxygen atoms in total. The smallest absolute Gasteiger partial charge is 0.240 e. The zero-order chi connectivity index (χ0) is 16.3. The summed E-state index contributed by atoms with van der Waals surface area (Å²) in [5, 5.41) is 13.9. The summed E-state index contributed by atoms with van der Waals surface area (Å²) in [4.78, 5) is 13.8. The van der Waals surface area contributed by atoms with Crippen LogP contribution in [0.3, 0.4) is 0 Å². The molecule has 1 saturated heterocycles. The second kappa shape index (κ2) is 7.04. The summed E-state index contributed by atoms with van der Waals surface area (Å²) in [7, 11) is 0. The molecule has 22 heavy (non-hydrogen) atoms. The van der Waals surface area contributed by atoms with Gasteiger partial charge in [0.1, 0.15) is 18.5 Å². The molecule has 0 aliphatic carbocycles. The second-order valence-electron chi connectivity index (χ2n) is 5.80. The summed E-state index contributed by atoms with van der Waals surface area (Å²) in [6.07, 6.45) is -0.725. The van der Waals surface area contributed by atoms with Crippen molar-refractivity contribution in [3.63, 3.8) is 0 Å². The molecule has 1 unspecified atom stereocenters. The highest BCUT2D eigenvalue weighted by Gasteiger charge is 2.38. The number of halogens is 2. The van der Waals surface area contributed by atoms with Crippen molar-refractivity contribution in [1.82, 2.24) is 10.2 Å². The van der Waals surface area contributed by atoms with E-state index in [1.54, 1.807) is 18.2 Å². The van der Waals surface area contributed by atoms with Crippen LogP contribution in [-0.2, 0) is 4.79 Å². The minimum atomic E-state index is -0.725. The topological polar surface area (TPSA) is 61.8 Å². The summed E-state index contributed by atoms with van der Waals surface area (Å²) >= 11 is 11.8. The summed E-state index contributed by atoms with van der Waals surface area (Å²) in [6, 6.07) is 4.92. The van der Waals surface area contributed by atoms with E-state index in [0.717, 1.165) is 0 Å². The lowest BCUT2D eigenvalue weighted by atomic mass is 9.98. The van der Waals surface area contributed by atoms with Gasteiger partial charge in [0.25, 0.3) is 0 Å². The van der Waals surface area contributed by atoms with Gasteiger partial charge in [0.2, 0.25) is 5.91 Å². The lowest BCUT2D eigenvalue weighted by Crippen LogP contribution is -2.63. The van der Waals surface area contributed by atoms with Gasteiger partial charge < -0.3 is 15.2 Å². The molecule has 0 bridgehead atoms. The van der Waals surface area contributed by atoms with Gasteiger partial charge in [-0.15, -0.1) is 0 Å². The molecule has 122 valence electrons. The molecule has 2 rings (SSSR count). The second-order valence-corrected chi connectivity index (χ2v) is 6.64. The number of nitrogens with zero attached hydrogens (tertiary/aromatic N) is 1. The summed E-state index contributed by atoms with van der Waals surface area (Å²) < 4.78 is 5.52. The van der Waals surface area contributed by atoms with Crippen LogP contribution >= 0.6 is 23.2 Å². The Hall–Kier alpha value is -1.01. The molecule has 0 saturated carbocycles. The standard InChI is InChI=1S/C15H20Cl2N2O3/c1-15(2)14(21)18-5-6-19(15)8-11(20)9-22-13-4-3-10(16)7-12(13)17/h3-4,7,11,20H,5-6,8-9H2,1-2H3,(H,18,21). The van der Waals surface area contributed by atoms with Crippen molar-refractivity contribution in [3.05, 3.63) is 28.2 Å². The van der Waals surface area contributed by atoms with Crippen molar-refractivity contribution >= 4 is 29.1 Å². The molecule has 1 aliphatic rings. The fourth-order valence-corrected chi connectivity index (χ4v) is 2.81. The van der Waals surface area contributed by atoms with Crippen molar-refractivity contribution in [2.24, 2.45) is 0 Å². The number of β-amino-alcohol motifs (C(OH)–C–C–N with tert-alkyl or cyclic N) is 1. The van der Waals surface area contributed by atoms with E-state index in [9.17, 15) is 9.90 Å². The van der Waals surface area contributed by atoms with Crippen molar-refractivity contribution < 1.29 is 14.6 Å². The van der Waals surface area contributed by atoms with E-state index >= 15 is 0 Å². The van der Waals surface area contributed by atoms with Crippen LogP contribution in [0.2, 0.25) is 10.0 Å². The summed E-state index contributed by atoms with van der Waals surface area (Å²) in [5.41, 5.74) is -0.642. The number of aliphatic hydroxyl groups is 1. The summed E-state index contributed by atoms with van der Waals surface area (Å²) in [6.45, 7) is 5.40. The quantitative estimate of drug-likeness (QED) is 0.855. The van der Waals surface area contributed by atoms with Gasteiger partial charge in [-0.25, -0.2) is 0 Å². The molecule has 1 fully saturated rings. The minimum absolute atomic E-state index is 0.0346. The SMILES string of the molecule is CC1(C)C(=O)NCCN1CC(O)COc1ccc(Cl)cc1Cl. The monoisotopic (exact) mass is 346 g/mol. The number of rotatable bonds is 5. The maximum Gasteiger partial charge on any atom is 0.240 e. The van der Waals surface area contributed by atoms with Gasteiger partial charge in [-0.2, -0.15) is 0 Å². The molecular weight excluding hydrogens is 327 g/mol. The number of carbonyl (C=O) groups is 1. The highest BCUT2D eigenvalue weighted by molar-refractivity contribution is 6.35. The van der Waals surface area contributed by atoms with Crippen LogP contribution in [0.4, 0.5) is 0 Å². The third-order valence-electron chi connectivity index (χ3n) is 3.77. The first-order valence-electron chi connectivity index (χ1n) is 7.10. The molecule has 1 aromatic rings. The van der Waals surface area contributed by atoms with Crippen LogP contribution in [-0.4, -0.2) is 53.8 Å². The van der Waals surface area contributed by atoms with Crippen molar-refractivity contribution in [3.8, 4) is 5.75 Å². The van der Waals surface area contributed by atoms with E-state index in [0.29, 0.717) is 35.4 Å². The Morgan fingerprint density at radius 2 is 2.18 bits per heavy atom. The lowest BCUT2D eigenvalue weighted by Gasteiger charge is -2.41. The van der Waals surface area contributed by atoms with E-state index in [4.69, 9.17) is 27.9 Å². The fraction of sp³-hybridized carbons (Fsp3) is 0.533. The average Bonchev–Trinajstić information content (AvgIpc) is 2.43. The number of aliphatic hydroxyl groups excluding tert-OH is 1. The van der Waals surface area contributed by atoms with Gasteiger partial charge in [0.05, 0.1) is 10.6 Å². The molecule has 0 radical (unpaired) electrons. The van der Waals surface area contributed by atoms with E-state index < -0.39 is 11.6 Å². The Morgan fingerprint density at radius 3 is 2.86 bits per heavy atom. The predicted molar refractivity (Wildman–Crippen MR) is 86.6 cm³/mol. The third-order valence-corrected chi connectivity index (χ3v) is 4.30. The maximum atomic E-state index is 11.9. The first kappa shape index (κ1) is 17.3. The van der Waals surface area contributed by atoms with Gasteiger partial charge in [-0.1, -0.05) is 23.2 Å². The minimum Gasteiger partial charge on any atom is -0.489 e. The number of hydrogen-bond acceptors (Lipinski definition) is 4. The zero-order valence-electron chi connectivity index (χ0n) is 12.6. The Kier molecular flexibility index (Phi) is 5.55. The molecule has 0 spiro atoms. The molecule has 1 aromatic carbocycles. The Morgan fingerprint density at radius 1 is 1.45 bits per heavy atom. The Bertz CT molecular complexity index is 552. The normalized spacial score (nSPS) is 19.6. The number of ether oxygens (including phenoxy) is 1. The van der Waals surface area contributed by atoms with Crippen LogP contribution in [0.1, 0.15) is 13.8 Å². The molecule has 1 heterocycles. The van der Waals surface area contributed by atoms with Gasteiger partial charge in [0.15, 0.2) is 0 Å². The fourth-order valence-electron chi connectivity index (χ4n) is 2.35. The van der Waals surface area contributed by atoms with Gasteiger partial charge in [0, 0.05) is 24.7 Å². The van der Waals surface area contributed by atoms with Gasteiger partial charge >= 0.3 is 0 Å². The Balaban J connectivity index is 1.90. The van der Waals surface area contributed by atoms with Crippen molar-refractivity contribution in [2.75, 3.05) is 26.2 Å². The lowest BCUT2D eigenvalue weighted by molar-refractivity contribution is -0.136. The van der Waals surface area contributed by atoms with Crippen LogP contribution < -0.4 is 10.1 Å². The number of nitrogens with one attached hydrogen (secondary N) is 1. The first-order chi connectivity index (χ1) is 10.3. The molecule has 7 heteroatoms. The van der Waals surface area contributed by atoms with E-state index in [1.807, 2.05) is 18.7 Å². The number of carbonyl (C=O) groups excluding carboxylic acids is 1. The molecule has 1 atom stereocenters. The van der Waals surface area contributed by atoms with Crippen molar-refractivity contribution in [2.45, 2.75) is 25.5 Å². The number of benzene rings is 1. The van der Waals surface area contributed by atoms with Crippen LogP contribution in [0.5, 0.6) is 5.75 Å². The van der Waals surface area contributed by atoms with Crippen LogP contribution in [0.15, 0.2) is 18.2 Å². The highest BCUT2D eigenvalue weighted by Crippen LogP contribution is 2.27. The molecule has 0 aromatic heterocycles. The Labute approximate surface area is 140 Å². The largest absolute Gasteiger partial charge is 0.489 e. The summed E-state index contributed by atoms with van der Waals surface area (Å²) in [5.74, 6) is 0.438. The number of piperazine rings is 1. The number of hydrogen-bond donors (Lipinski definition) is 2. The van der Waals surface area contributed by atoms with Crippen LogP contribution in [0, 0.1) is 0 Å². The van der Waals surface area contributed by atoms with Gasteiger partial charge in [-0.05, 0) is 32.0 Å². The third kappa shape index (κ3) is 4.04. The maximum absolute atomic E-state index is 11.9. The highest BCUT2D eigenvalue weighted by atomic mass is 35.5. The van der Waals surface area contributed by atoms with E-state index in [1.165, 1.54) is 0 Å². The van der Waals surface area contributed by atoms with E-state index in [-0.39, 0.29) is 12.5 Å².